The fraction of sp³-hybridized carbons (Fsp3) is 0.471. The molecule has 0 atom stereocenters. The summed E-state index contributed by atoms with van der Waals surface area (Å²) in [7, 11) is 3.76. The van der Waals surface area contributed by atoms with Gasteiger partial charge in [-0.2, -0.15) is 0 Å². The first kappa shape index (κ1) is 15.1. The molecule has 0 saturated carbocycles. The summed E-state index contributed by atoms with van der Waals surface area (Å²) < 4.78 is 5.24. The van der Waals surface area contributed by atoms with Crippen molar-refractivity contribution in [1.29, 1.82) is 0 Å². The number of aromatic nitrogens is 1. The van der Waals surface area contributed by atoms with Crippen LogP contribution in [-0.2, 0) is 6.54 Å². The number of aryl methyl sites for hydroxylation is 1. The van der Waals surface area contributed by atoms with E-state index in [-0.39, 0.29) is 5.43 Å². The fourth-order valence-corrected chi connectivity index (χ4v) is 2.98. The predicted molar refractivity (Wildman–Crippen MR) is 88.6 cm³/mol. The van der Waals surface area contributed by atoms with Crippen molar-refractivity contribution in [3.05, 3.63) is 39.7 Å². The summed E-state index contributed by atoms with van der Waals surface area (Å²) in [5.74, 6) is 0.715. The van der Waals surface area contributed by atoms with Gasteiger partial charge < -0.3 is 14.6 Å². The minimum absolute atomic E-state index is 0.115. The molecule has 1 aliphatic heterocycles. The molecular weight excluding hydrogens is 278 g/mol. The van der Waals surface area contributed by atoms with Crippen LogP contribution in [0.5, 0.6) is 5.75 Å². The SMILES string of the molecule is COc1ccc2[nH]c(C)c(CN3CCN(C)CC3)c(=O)c2c1. The highest BCUT2D eigenvalue weighted by Crippen LogP contribution is 2.19. The smallest absolute Gasteiger partial charge is 0.194 e. The van der Waals surface area contributed by atoms with Crippen LogP contribution in [0.2, 0.25) is 0 Å². The van der Waals surface area contributed by atoms with Crippen molar-refractivity contribution >= 4 is 10.9 Å². The number of methoxy groups -OCH3 is 1. The first-order chi connectivity index (χ1) is 10.6. The number of hydrogen-bond donors (Lipinski definition) is 1. The van der Waals surface area contributed by atoms with E-state index in [2.05, 4.69) is 21.8 Å². The van der Waals surface area contributed by atoms with Gasteiger partial charge in [0.15, 0.2) is 5.43 Å². The summed E-state index contributed by atoms with van der Waals surface area (Å²) in [6.07, 6.45) is 0. The van der Waals surface area contributed by atoms with E-state index in [0.717, 1.165) is 43.0 Å². The van der Waals surface area contributed by atoms with Crippen LogP contribution in [0.15, 0.2) is 23.0 Å². The van der Waals surface area contributed by atoms with E-state index < -0.39 is 0 Å². The molecule has 0 radical (unpaired) electrons. The minimum Gasteiger partial charge on any atom is -0.497 e. The number of fused-ring (bicyclic) bond motifs is 1. The highest BCUT2D eigenvalue weighted by atomic mass is 16.5. The Labute approximate surface area is 130 Å². The molecule has 3 rings (SSSR count). The Morgan fingerprint density at radius 3 is 2.64 bits per heavy atom. The molecule has 1 aromatic carbocycles. The lowest BCUT2D eigenvalue weighted by Gasteiger charge is -2.32. The van der Waals surface area contributed by atoms with Gasteiger partial charge in [0.25, 0.3) is 0 Å². The number of hydrogen-bond acceptors (Lipinski definition) is 4. The van der Waals surface area contributed by atoms with Crippen molar-refractivity contribution in [3.63, 3.8) is 0 Å². The molecule has 118 valence electrons. The molecule has 0 aliphatic carbocycles. The Kier molecular flexibility index (Phi) is 4.18. The number of piperazine rings is 1. The molecule has 2 aromatic rings. The lowest BCUT2D eigenvalue weighted by Crippen LogP contribution is -2.44. The number of nitrogens with zero attached hydrogens (tertiary/aromatic N) is 2. The van der Waals surface area contributed by atoms with E-state index in [4.69, 9.17) is 4.74 Å². The number of pyridine rings is 1. The zero-order chi connectivity index (χ0) is 15.7. The van der Waals surface area contributed by atoms with Gasteiger partial charge in [-0.1, -0.05) is 0 Å². The number of ether oxygens (including phenoxy) is 1. The third-order valence-corrected chi connectivity index (χ3v) is 4.50. The zero-order valence-electron chi connectivity index (χ0n) is 13.5. The van der Waals surface area contributed by atoms with Crippen molar-refractivity contribution in [1.82, 2.24) is 14.8 Å². The summed E-state index contributed by atoms with van der Waals surface area (Å²) >= 11 is 0. The number of H-pyrrole nitrogens is 1. The van der Waals surface area contributed by atoms with E-state index >= 15 is 0 Å². The second-order valence-electron chi connectivity index (χ2n) is 6.05. The third kappa shape index (κ3) is 2.87. The van der Waals surface area contributed by atoms with Gasteiger partial charge in [0.2, 0.25) is 0 Å². The van der Waals surface area contributed by atoms with Crippen LogP contribution in [0.4, 0.5) is 0 Å². The topological polar surface area (TPSA) is 48.6 Å². The average Bonchev–Trinajstić information content (AvgIpc) is 2.53. The van der Waals surface area contributed by atoms with Gasteiger partial charge in [-0.25, -0.2) is 0 Å². The summed E-state index contributed by atoms with van der Waals surface area (Å²) in [4.78, 5) is 20.9. The molecule has 0 spiro atoms. The summed E-state index contributed by atoms with van der Waals surface area (Å²) in [5, 5.41) is 0.703. The molecular formula is C17H23N3O2. The molecule has 0 amide bonds. The van der Waals surface area contributed by atoms with E-state index in [9.17, 15) is 4.79 Å². The van der Waals surface area contributed by atoms with Crippen molar-refractivity contribution in [2.75, 3.05) is 40.3 Å². The van der Waals surface area contributed by atoms with Gasteiger partial charge in [-0.05, 0) is 32.2 Å². The molecule has 1 aromatic heterocycles. The Morgan fingerprint density at radius 2 is 1.95 bits per heavy atom. The normalized spacial score (nSPS) is 17.0. The summed E-state index contributed by atoms with van der Waals surface area (Å²) in [6.45, 7) is 6.81. The molecule has 1 aliphatic rings. The zero-order valence-corrected chi connectivity index (χ0v) is 13.5. The van der Waals surface area contributed by atoms with Gasteiger partial charge in [0, 0.05) is 54.9 Å². The lowest BCUT2D eigenvalue weighted by molar-refractivity contribution is 0.147. The van der Waals surface area contributed by atoms with Gasteiger partial charge >= 0.3 is 0 Å². The molecule has 22 heavy (non-hydrogen) atoms. The van der Waals surface area contributed by atoms with E-state index in [1.807, 2.05) is 25.1 Å². The first-order valence-electron chi connectivity index (χ1n) is 7.69. The van der Waals surface area contributed by atoms with Crippen molar-refractivity contribution < 1.29 is 4.74 Å². The second-order valence-corrected chi connectivity index (χ2v) is 6.05. The van der Waals surface area contributed by atoms with E-state index in [1.165, 1.54) is 0 Å². The van der Waals surface area contributed by atoms with Crippen molar-refractivity contribution in [3.8, 4) is 5.75 Å². The number of aromatic amines is 1. The lowest BCUT2D eigenvalue weighted by atomic mass is 10.1. The van der Waals surface area contributed by atoms with Crippen LogP contribution in [0.3, 0.4) is 0 Å². The third-order valence-electron chi connectivity index (χ3n) is 4.50. The van der Waals surface area contributed by atoms with Crippen molar-refractivity contribution in [2.24, 2.45) is 0 Å². The number of rotatable bonds is 3. The molecule has 1 fully saturated rings. The highest BCUT2D eigenvalue weighted by Gasteiger charge is 2.17. The molecule has 0 bridgehead atoms. The molecule has 5 nitrogen and oxygen atoms in total. The van der Waals surface area contributed by atoms with Crippen LogP contribution >= 0.6 is 0 Å². The van der Waals surface area contributed by atoms with Crippen LogP contribution in [-0.4, -0.2) is 55.1 Å². The maximum atomic E-state index is 12.8. The molecule has 1 N–H and O–H groups in total. The van der Waals surface area contributed by atoms with Crippen LogP contribution < -0.4 is 10.2 Å². The van der Waals surface area contributed by atoms with E-state index in [0.29, 0.717) is 17.7 Å². The highest BCUT2D eigenvalue weighted by molar-refractivity contribution is 5.81. The maximum absolute atomic E-state index is 12.8. The van der Waals surface area contributed by atoms with Gasteiger partial charge in [-0.15, -0.1) is 0 Å². The number of likely N-dealkylation sites (N-methyl/N-ethyl adjacent to an activating group) is 1. The predicted octanol–water partition coefficient (Wildman–Crippen LogP) is 1.59. The largest absolute Gasteiger partial charge is 0.497 e. The first-order valence-corrected chi connectivity index (χ1v) is 7.69. The van der Waals surface area contributed by atoms with Crippen LogP contribution in [0.1, 0.15) is 11.3 Å². The number of nitrogens with one attached hydrogen (secondary N) is 1. The molecule has 1 saturated heterocycles. The molecule has 2 heterocycles. The Bertz CT molecular complexity index is 730. The Hall–Kier alpha value is -1.85. The van der Waals surface area contributed by atoms with Crippen molar-refractivity contribution in [2.45, 2.75) is 13.5 Å². The monoisotopic (exact) mass is 301 g/mol. The maximum Gasteiger partial charge on any atom is 0.194 e. The number of benzene rings is 1. The Morgan fingerprint density at radius 1 is 1.23 bits per heavy atom. The fourth-order valence-electron chi connectivity index (χ4n) is 2.98. The van der Waals surface area contributed by atoms with Crippen LogP contribution in [0.25, 0.3) is 10.9 Å². The van der Waals surface area contributed by atoms with E-state index in [1.54, 1.807) is 7.11 Å². The Balaban J connectivity index is 1.96. The summed E-state index contributed by atoms with van der Waals surface area (Å²) in [5.41, 5.74) is 2.81. The summed E-state index contributed by atoms with van der Waals surface area (Å²) in [6, 6.07) is 5.60. The standard InChI is InChI=1S/C17H23N3O2/c1-12-15(11-20-8-6-19(2)7-9-20)17(21)14-10-13(22-3)4-5-16(14)18-12/h4-5,10H,6-9,11H2,1-3H3,(H,18,21). The van der Waals surface area contributed by atoms with Crippen LogP contribution in [0, 0.1) is 6.92 Å². The van der Waals surface area contributed by atoms with Gasteiger partial charge in [0.05, 0.1) is 7.11 Å². The van der Waals surface area contributed by atoms with Gasteiger partial charge in [0.1, 0.15) is 5.75 Å². The second kappa shape index (κ2) is 6.10. The minimum atomic E-state index is 0.115. The van der Waals surface area contributed by atoms with Gasteiger partial charge in [-0.3, -0.25) is 9.69 Å². The quantitative estimate of drug-likeness (QED) is 0.935. The average molecular weight is 301 g/mol. The molecule has 5 heteroatoms. The molecule has 0 unspecified atom stereocenters.